The van der Waals surface area contributed by atoms with E-state index in [1.807, 2.05) is 12.3 Å². The molecule has 1 aromatic rings. The molecule has 1 unspecified atom stereocenters. The first-order valence-electron chi connectivity index (χ1n) is 9.38. The predicted octanol–water partition coefficient (Wildman–Crippen LogP) is 4.40. The van der Waals surface area contributed by atoms with Gasteiger partial charge in [0.05, 0.1) is 11.6 Å². The Balaban J connectivity index is 1.74. The minimum atomic E-state index is -0.390. The number of ketones is 1. The molecule has 0 radical (unpaired) electrons. The molecule has 2 heterocycles. The smallest absolute Gasteiger partial charge is 0.164 e. The van der Waals surface area contributed by atoms with Crippen LogP contribution in [0.15, 0.2) is 63.6 Å². The van der Waals surface area contributed by atoms with Gasteiger partial charge in [-0.15, -0.1) is 0 Å². The fourth-order valence-electron chi connectivity index (χ4n) is 5.45. The molecular weight excluding hydrogens is 310 g/mol. The number of benzene rings is 1. The second-order valence-electron chi connectivity index (χ2n) is 7.97. The fraction of sp³-hybridized carbons (Fsp3) is 0.476. The number of rotatable bonds is 2. The molecular formula is C21H23N3O. The molecule has 2 atom stereocenters. The number of carbonyl (C=O) groups excluding carboxylic acids is 1. The summed E-state index contributed by atoms with van der Waals surface area (Å²) in [5, 5.41) is 12.2. The van der Waals surface area contributed by atoms with Gasteiger partial charge in [-0.2, -0.15) is 10.2 Å². The Morgan fingerprint density at radius 1 is 1.20 bits per heavy atom. The Bertz CT molecular complexity index is 832. The van der Waals surface area contributed by atoms with Gasteiger partial charge in [0.25, 0.3) is 0 Å². The second-order valence-corrected chi connectivity index (χ2v) is 7.97. The van der Waals surface area contributed by atoms with E-state index in [9.17, 15) is 4.79 Å². The molecule has 1 fully saturated rings. The molecule has 2 aliphatic carbocycles. The van der Waals surface area contributed by atoms with E-state index < -0.39 is 5.41 Å². The van der Waals surface area contributed by atoms with E-state index in [0.29, 0.717) is 12.2 Å². The Kier molecular flexibility index (Phi) is 3.09. The zero-order valence-electron chi connectivity index (χ0n) is 14.6. The molecule has 1 N–H and O–H groups in total. The quantitative estimate of drug-likeness (QED) is 0.872. The van der Waals surface area contributed by atoms with Gasteiger partial charge in [-0.25, -0.2) is 0 Å². The summed E-state index contributed by atoms with van der Waals surface area (Å²) in [4.78, 5) is 13.4. The van der Waals surface area contributed by atoms with Crippen molar-refractivity contribution in [3.05, 3.63) is 58.9 Å². The van der Waals surface area contributed by atoms with Crippen molar-refractivity contribution in [1.29, 1.82) is 0 Å². The summed E-state index contributed by atoms with van der Waals surface area (Å²) in [7, 11) is 0. The van der Waals surface area contributed by atoms with Crippen LogP contribution in [0.4, 0.5) is 0 Å². The molecule has 25 heavy (non-hydrogen) atoms. The first-order chi connectivity index (χ1) is 12.2. The van der Waals surface area contributed by atoms with Crippen LogP contribution < -0.4 is 5.32 Å². The number of nitrogens with zero attached hydrogens (tertiary/aromatic N) is 2. The standard InChI is InChI=1S/C21H23N3O/c1-2-21(14-7-4-3-5-8-14)15-13-22-24-19(15)23-16-11-20(9-6-10-20)12-17(25)18(16)21/h3-5,7-8,13,19,23H,2,6,9-12H2,1H3/t19?,21-/m0/s1. The number of hydrogen-bond acceptors (Lipinski definition) is 4. The SMILES string of the molecule is CC[C@]1(c2ccccc2)C2=CN=NC2NC2=C1C(=O)CC1(CCC1)C2. The third-order valence-corrected chi connectivity index (χ3v) is 6.78. The van der Waals surface area contributed by atoms with Crippen LogP contribution in [0.25, 0.3) is 0 Å². The molecule has 4 aliphatic rings. The van der Waals surface area contributed by atoms with Crippen LogP contribution in [0.3, 0.4) is 0 Å². The van der Waals surface area contributed by atoms with Crippen molar-refractivity contribution in [2.24, 2.45) is 15.6 Å². The maximum atomic E-state index is 13.4. The largest absolute Gasteiger partial charge is 0.362 e. The van der Waals surface area contributed by atoms with Crippen LogP contribution in [0.5, 0.6) is 0 Å². The zero-order valence-corrected chi connectivity index (χ0v) is 14.6. The lowest BCUT2D eigenvalue weighted by atomic mass is 9.54. The highest BCUT2D eigenvalue weighted by Crippen LogP contribution is 2.58. The first kappa shape index (κ1) is 15.1. The van der Waals surface area contributed by atoms with Crippen LogP contribution in [-0.2, 0) is 10.2 Å². The number of hydrogen-bond donors (Lipinski definition) is 1. The predicted molar refractivity (Wildman–Crippen MR) is 95.8 cm³/mol. The van der Waals surface area contributed by atoms with E-state index in [-0.39, 0.29) is 11.6 Å². The van der Waals surface area contributed by atoms with E-state index in [1.165, 1.54) is 24.8 Å². The van der Waals surface area contributed by atoms with Crippen molar-refractivity contribution in [1.82, 2.24) is 5.32 Å². The van der Waals surface area contributed by atoms with Crippen LogP contribution in [-0.4, -0.2) is 11.9 Å². The summed E-state index contributed by atoms with van der Waals surface area (Å²) < 4.78 is 0. The third-order valence-electron chi connectivity index (χ3n) is 6.78. The van der Waals surface area contributed by atoms with E-state index in [0.717, 1.165) is 29.7 Å². The number of Topliss-reactive ketones (excluding diaryl/α,β-unsaturated/α-hetero) is 1. The minimum absolute atomic E-state index is 0.123. The molecule has 4 heteroatoms. The van der Waals surface area contributed by atoms with Gasteiger partial charge in [0.15, 0.2) is 11.9 Å². The fourth-order valence-corrected chi connectivity index (χ4v) is 5.45. The van der Waals surface area contributed by atoms with Gasteiger partial charge >= 0.3 is 0 Å². The molecule has 4 nitrogen and oxygen atoms in total. The summed E-state index contributed by atoms with van der Waals surface area (Å²) in [6.45, 7) is 2.18. The van der Waals surface area contributed by atoms with Crippen molar-refractivity contribution in [3.63, 3.8) is 0 Å². The van der Waals surface area contributed by atoms with Crippen molar-refractivity contribution in [2.45, 2.75) is 57.0 Å². The molecule has 1 saturated carbocycles. The number of azo groups is 1. The number of fused-ring (bicyclic) bond motifs is 1. The summed E-state index contributed by atoms with van der Waals surface area (Å²) >= 11 is 0. The molecule has 128 valence electrons. The van der Waals surface area contributed by atoms with Gasteiger partial charge in [0, 0.05) is 23.3 Å². The Morgan fingerprint density at radius 3 is 2.68 bits per heavy atom. The highest BCUT2D eigenvalue weighted by atomic mass is 16.1. The molecule has 0 amide bonds. The molecule has 5 rings (SSSR count). The first-order valence-corrected chi connectivity index (χ1v) is 9.38. The topological polar surface area (TPSA) is 53.8 Å². The van der Waals surface area contributed by atoms with Gasteiger partial charge in [0.2, 0.25) is 0 Å². The van der Waals surface area contributed by atoms with Crippen molar-refractivity contribution < 1.29 is 4.79 Å². The van der Waals surface area contributed by atoms with Gasteiger partial charge < -0.3 is 5.32 Å². The average molecular weight is 333 g/mol. The van der Waals surface area contributed by atoms with Gasteiger partial charge in [-0.05, 0) is 36.7 Å². The van der Waals surface area contributed by atoms with Crippen molar-refractivity contribution >= 4 is 5.78 Å². The lowest BCUT2D eigenvalue weighted by Crippen LogP contribution is -2.52. The summed E-state index contributed by atoms with van der Waals surface area (Å²) in [6.07, 6.45) is 7.90. The Labute approximate surface area is 148 Å². The maximum absolute atomic E-state index is 13.4. The number of nitrogens with one attached hydrogen (secondary N) is 1. The molecule has 2 aliphatic heterocycles. The lowest BCUT2D eigenvalue weighted by Gasteiger charge is -2.51. The molecule has 0 aromatic heterocycles. The normalized spacial score (nSPS) is 32.0. The Hall–Kier alpha value is -2.23. The van der Waals surface area contributed by atoms with Crippen LogP contribution >= 0.6 is 0 Å². The van der Waals surface area contributed by atoms with Crippen LogP contribution in [0, 0.1) is 5.41 Å². The second kappa shape index (κ2) is 5.13. The summed E-state index contributed by atoms with van der Waals surface area (Å²) in [5.74, 6) is 0.324. The van der Waals surface area contributed by atoms with Crippen molar-refractivity contribution in [3.8, 4) is 0 Å². The Morgan fingerprint density at radius 2 is 2.00 bits per heavy atom. The monoisotopic (exact) mass is 333 g/mol. The van der Waals surface area contributed by atoms with E-state index >= 15 is 0 Å². The molecule has 0 bridgehead atoms. The third kappa shape index (κ3) is 1.91. The zero-order chi connectivity index (χ0) is 17.1. The van der Waals surface area contributed by atoms with E-state index in [2.05, 4.69) is 46.7 Å². The minimum Gasteiger partial charge on any atom is -0.362 e. The molecule has 1 aromatic carbocycles. The van der Waals surface area contributed by atoms with E-state index in [4.69, 9.17) is 0 Å². The van der Waals surface area contributed by atoms with Crippen LogP contribution in [0.2, 0.25) is 0 Å². The lowest BCUT2D eigenvalue weighted by molar-refractivity contribution is -0.121. The summed E-state index contributed by atoms with van der Waals surface area (Å²) in [5.41, 5.74) is 4.23. The molecule has 1 spiro atoms. The van der Waals surface area contributed by atoms with E-state index in [1.54, 1.807) is 0 Å². The number of allylic oxidation sites excluding steroid dienone is 2. The van der Waals surface area contributed by atoms with Crippen molar-refractivity contribution in [2.75, 3.05) is 0 Å². The number of carbonyl (C=O) groups is 1. The maximum Gasteiger partial charge on any atom is 0.164 e. The van der Waals surface area contributed by atoms with Crippen LogP contribution in [0.1, 0.15) is 51.0 Å². The average Bonchev–Trinajstić information content (AvgIpc) is 3.07. The highest BCUT2D eigenvalue weighted by molar-refractivity contribution is 6.01. The highest BCUT2D eigenvalue weighted by Gasteiger charge is 2.55. The van der Waals surface area contributed by atoms with Gasteiger partial charge in [0.1, 0.15) is 0 Å². The van der Waals surface area contributed by atoms with Gasteiger partial charge in [-0.1, -0.05) is 43.7 Å². The summed E-state index contributed by atoms with van der Waals surface area (Å²) in [6, 6.07) is 10.5. The van der Waals surface area contributed by atoms with Gasteiger partial charge in [-0.3, -0.25) is 4.79 Å². The molecule has 0 saturated heterocycles.